The molecule has 2 N–H and O–H groups in total. The van der Waals surface area contributed by atoms with Gasteiger partial charge in [0.1, 0.15) is 0 Å². The van der Waals surface area contributed by atoms with E-state index in [4.69, 9.17) is 5.73 Å². The molecule has 0 bridgehead atoms. The first-order valence-corrected chi connectivity index (χ1v) is 3.99. The molecule has 0 aliphatic heterocycles. The Morgan fingerprint density at radius 3 is 2.85 bits per heavy atom. The highest BCUT2D eigenvalue weighted by molar-refractivity contribution is 5.80. The molecule has 0 fully saturated rings. The number of aromatic nitrogens is 1. The fraction of sp³-hybridized carbons (Fsp3) is 0.100. The topological polar surface area (TPSA) is 38.9 Å². The Labute approximate surface area is 75.2 Å². The van der Waals surface area contributed by atoms with Crippen molar-refractivity contribution in [2.75, 3.05) is 5.73 Å². The number of nitrogen functional groups attached to an aromatic ring is 1. The SMILES string of the molecule is Cc1ccc2cc(F)c(N)nc2c1. The Hall–Kier alpha value is -1.64. The second kappa shape index (κ2) is 2.69. The summed E-state index contributed by atoms with van der Waals surface area (Å²) < 4.78 is 13.0. The second-order valence-corrected chi connectivity index (χ2v) is 3.05. The van der Waals surface area contributed by atoms with Crippen molar-refractivity contribution < 1.29 is 4.39 Å². The van der Waals surface area contributed by atoms with Crippen LogP contribution in [0.1, 0.15) is 5.56 Å². The normalized spacial score (nSPS) is 10.6. The predicted octanol–water partition coefficient (Wildman–Crippen LogP) is 2.26. The molecule has 3 heteroatoms. The lowest BCUT2D eigenvalue weighted by Crippen LogP contribution is -1.95. The van der Waals surface area contributed by atoms with E-state index in [0.29, 0.717) is 0 Å². The largest absolute Gasteiger partial charge is 0.381 e. The van der Waals surface area contributed by atoms with Crippen molar-refractivity contribution in [3.8, 4) is 0 Å². The Morgan fingerprint density at radius 1 is 1.31 bits per heavy atom. The first kappa shape index (κ1) is 7.98. The smallest absolute Gasteiger partial charge is 0.165 e. The monoisotopic (exact) mass is 176 g/mol. The van der Waals surface area contributed by atoms with Crippen molar-refractivity contribution in [2.24, 2.45) is 0 Å². The van der Waals surface area contributed by atoms with Gasteiger partial charge in [-0.15, -0.1) is 0 Å². The fourth-order valence-corrected chi connectivity index (χ4v) is 1.27. The number of nitrogens with zero attached hydrogens (tertiary/aromatic N) is 1. The molecule has 2 nitrogen and oxygen atoms in total. The molecule has 0 radical (unpaired) electrons. The van der Waals surface area contributed by atoms with E-state index in [1.165, 1.54) is 6.07 Å². The minimum absolute atomic E-state index is 0.0434. The van der Waals surface area contributed by atoms with E-state index in [2.05, 4.69) is 4.98 Å². The Bertz CT molecular complexity index is 466. The summed E-state index contributed by atoms with van der Waals surface area (Å²) in [5.74, 6) is -0.505. The highest BCUT2D eigenvalue weighted by atomic mass is 19.1. The third kappa shape index (κ3) is 1.33. The van der Waals surface area contributed by atoms with Gasteiger partial charge in [-0.05, 0) is 24.6 Å². The maximum absolute atomic E-state index is 13.0. The van der Waals surface area contributed by atoms with E-state index >= 15 is 0 Å². The number of pyridine rings is 1. The average molecular weight is 176 g/mol. The lowest BCUT2D eigenvalue weighted by molar-refractivity contribution is 0.630. The van der Waals surface area contributed by atoms with Crippen LogP contribution in [0.15, 0.2) is 24.3 Å². The zero-order chi connectivity index (χ0) is 9.42. The number of anilines is 1. The molecule has 1 aromatic carbocycles. The van der Waals surface area contributed by atoms with Crippen LogP contribution in [0.3, 0.4) is 0 Å². The van der Waals surface area contributed by atoms with E-state index in [1.807, 2.05) is 25.1 Å². The minimum atomic E-state index is -0.462. The van der Waals surface area contributed by atoms with Crippen LogP contribution in [0.5, 0.6) is 0 Å². The fourth-order valence-electron chi connectivity index (χ4n) is 1.27. The van der Waals surface area contributed by atoms with Crippen molar-refractivity contribution in [2.45, 2.75) is 6.92 Å². The molecular formula is C10H9FN2. The van der Waals surface area contributed by atoms with Crippen LogP contribution < -0.4 is 5.73 Å². The summed E-state index contributed by atoms with van der Waals surface area (Å²) in [4.78, 5) is 3.94. The molecule has 2 rings (SSSR count). The third-order valence-corrected chi connectivity index (χ3v) is 1.95. The van der Waals surface area contributed by atoms with Gasteiger partial charge in [0.05, 0.1) is 5.52 Å². The highest BCUT2D eigenvalue weighted by Gasteiger charge is 2.02. The molecule has 0 atom stereocenters. The van der Waals surface area contributed by atoms with Gasteiger partial charge >= 0.3 is 0 Å². The van der Waals surface area contributed by atoms with E-state index < -0.39 is 5.82 Å². The zero-order valence-electron chi connectivity index (χ0n) is 7.21. The van der Waals surface area contributed by atoms with Crippen LogP contribution >= 0.6 is 0 Å². The van der Waals surface area contributed by atoms with Crippen molar-refractivity contribution in [3.63, 3.8) is 0 Å². The van der Waals surface area contributed by atoms with Gasteiger partial charge in [-0.1, -0.05) is 12.1 Å². The van der Waals surface area contributed by atoms with Gasteiger partial charge < -0.3 is 5.73 Å². The molecule has 13 heavy (non-hydrogen) atoms. The molecule has 0 amide bonds. The molecule has 0 saturated heterocycles. The first-order chi connectivity index (χ1) is 6.16. The quantitative estimate of drug-likeness (QED) is 0.668. The minimum Gasteiger partial charge on any atom is -0.381 e. The Morgan fingerprint density at radius 2 is 2.08 bits per heavy atom. The van der Waals surface area contributed by atoms with Gasteiger partial charge in [-0.25, -0.2) is 9.37 Å². The summed E-state index contributed by atoms with van der Waals surface area (Å²) >= 11 is 0. The van der Waals surface area contributed by atoms with Crippen LogP contribution in [0, 0.1) is 12.7 Å². The van der Waals surface area contributed by atoms with Gasteiger partial charge in [0.25, 0.3) is 0 Å². The van der Waals surface area contributed by atoms with Crippen molar-refractivity contribution >= 4 is 16.7 Å². The first-order valence-electron chi connectivity index (χ1n) is 3.99. The summed E-state index contributed by atoms with van der Waals surface area (Å²) in [6, 6.07) is 7.03. The van der Waals surface area contributed by atoms with Crippen molar-refractivity contribution in [3.05, 3.63) is 35.6 Å². The van der Waals surface area contributed by atoms with Crippen LogP contribution in [0.4, 0.5) is 10.2 Å². The van der Waals surface area contributed by atoms with E-state index in [1.54, 1.807) is 0 Å². The van der Waals surface area contributed by atoms with Gasteiger partial charge in [-0.2, -0.15) is 0 Å². The summed E-state index contributed by atoms with van der Waals surface area (Å²) in [6.07, 6.45) is 0. The van der Waals surface area contributed by atoms with E-state index in [0.717, 1.165) is 16.5 Å². The number of nitrogens with two attached hydrogens (primary N) is 1. The summed E-state index contributed by atoms with van der Waals surface area (Å²) in [5.41, 5.74) is 7.17. The molecule has 0 unspecified atom stereocenters. The molecule has 0 aliphatic carbocycles. The number of hydrogen-bond donors (Lipinski definition) is 1. The Kier molecular flexibility index (Phi) is 1.65. The molecule has 0 saturated carbocycles. The number of halogens is 1. The summed E-state index contributed by atoms with van der Waals surface area (Å²) in [6.45, 7) is 1.96. The lowest BCUT2D eigenvalue weighted by atomic mass is 10.1. The van der Waals surface area contributed by atoms with E-state index in [-0.39, 0.29) is 5.82 Å². The van der Waals surface area contributed by atoms with Gasteiger partial charge in [0.15, 0.2) is 11.6 Å². The van der Waals surface area contributed by atoms with Gasteiger partial charge in [-0.3, -0.25) is 0 Å². The van der Waals surface area contributed by atoms with Gasteiger partial charge in [0, 0.05) is 5.39 Å². The molecule has 2 aromatic rings. The average Bonchev–Trinajstić information content (AvgIpc) is 2.08. The molecule has 66 valence electrons. The number of benzene rings is 1. The standard InChI is InChI=1S/C10H9FN2/c1-6-2-3-7-5-8(11)10(12)13-9(7)4-6/h2-5H,1H3,(H2,12,13). The van der Waals surface area contributed by atoms with Crippen molar-refractivity contribution in [1.82, 2.24) is 4.98 Å². The number of aryl methyl sites for hydroxylation is 1. The highest BCUT2D eigenvalue weighted by Crippen LogP contribution is 2.17. The molecule has 1 aromatic heterocycles. The summed E-state index contributed by atoms with van der Waals surface area (Å²) in [7, 11) is 0. The van der Waals surface area contributed by atoms with Crippen LogP contribution in [0.2, 0.25) is 0 Å². The maximum atomic E-state index is 13.0. The molecule has 0 spiro atoms. The number of hydrogen-bond acceptors (Lipinski definition) is 2. The van der Waals surface area contributed by atoms with Crippen molar-refractivity contribution in [1.29, 1.82) is 0 Å². The lowest BCUT2D eigenvalue weighted by Gasteiger charge is -2.00. The van der Waals surface area contributed by atoms with Crippen LogP contribution in [0.25, 0.3) is 10.9 Å². The second-order valence-electron chi connectivity index (χ2n) is 3.05. The van der Waals surface area contributed by atoms with Crippen LogP contribution in [-0.2, 0) is 0 Å². The molecule has 0 aliphatic rings. The molecular weight excluding hydrogens is 167 g/mol. The van der Waals surface area contributed by atoms with Crippen LogP contribution in [-0.4, -0.2) is 4.98 Å². The summed E-state index contributed by atoms with van der Waals surface area (Å²) in [5, 5.41) is 0.775. The Balaban J connectivity index is 2.81. The predicted molar refractivity (Wildman–Crippen MR) is 50.9 cm³/mol. The third-order valence-electron chi connectivity index (χ3n) is 1.95. The number of fused-ring (bicyclic) bond motifs is 1. The zero-order valence-corrected chi connectivity index (χ0v) is 7.21. The maximum Gasteiger partial charge on any atom is 0.165 e. The molecule has 1 heterocycles. The van der Waals surface area contributed by atoms with Gasteiger partial charge in [0.2, 0.25) is 0 Å². The number of rotatable bonds is 0. The van der Waals surface area contributed by atoms with E-state index in [9.17, 15) is 4.39 Å².